The number of hydrogen-bond acceptors (Lipinski definition) is 3. The zero-order valence-electron chi connectivity index (χ0n) is 9.62. The second-order valence-corrected chi connectivity index (χ2v) is 3.57. The fourth-order valence-electron chi connectivity index (χ4n) is 1.37. The lowest BCUT2D eigenvalue weighted by Crippen LogP contribution is -2.02. The number of methoxy groups -OCH3 is 1. The first-order chi connectivity index (χ1) is 7.36. The Balaban J connectivity index is 2.20. The lowest BCUT2D eigenvalue weighted by Gasteiger charge is -2.05. The Hall–Kier alpha value is -1.25. The van der Waals surface area contributed by atoms with Crippen LogP contribution >= 0.6 is 0 Å². The van der Waals surface area contributed by atoms with Crippen LogP contribution in [0.4, 0.5) is 5.82 Å². The second-order valence-electron chi connectivity index (χ2n) is 3.57. The second kappa shape index (κ2) is 7.10. The third kappa shape index (κ3) is 4.68. The van der Waals surface area contributed by atoms with Crippen LogP contribution in [0.15, 0.2) is 18.3 Å². The van der Waals surface area contributed by atoms with Crippen molar-refractivity contribution in [2.24, 2.45) is 0 Å². The zero-order valence-corrected chi connectivity index (χ0v) is 9.62. The molecule has 1 aromatic rings. The van der Waals surface area contributed by atoms with Crippen LogP contribution in [0.5, 0.6) is 5.75 Å². The van der Waals surface area contributed by atoms with Gasteiger partial charge in [0.05, 0.1) is 13.3 Å². The average Bonchev–Trinajstić information content (AvgIpc) is 2.30. The Morgan fingerprint density at radius 3 is 2.73 bits per heavy atom. The maximum atomic E-state index is 5.04. The van der Waals surface area contributed by atoms with Crippen LogP contribution in [-0.2, 0) is 0 Å². The van der Waals surface area contributed by atoms with Gasteiger partial charge in [-0.1, -0.05) is 26.2 Å². The van der Waals surface area contributed by atoms with Crippen molar-refractivity contribution < 1.29 is 4.74 Å². The molecule has 0 spiro atoms. The van der Waals surface area contributed by atoms with Crippen LogP contribution < -0.4 is 10.1 Å². The van der Waals surface area contributed by atoms with Crippen molar-refractivity contribution in [2.45, 2.75) is 32.6 Å². The van der Waals surface area contributed by atoms with Gasteiger partial charge in [0, 0.05) is 6.54 Å². The normalized spacial score (nSPS) is 10.0. The highest BCUT2D eigenvalue weighted by Gasteiger charge is 1.94. The van der Waals surface area contributed by atoms with Gasteiger partial charge in [-0.2, -0.15) is 0 Å². The number of hydrogen-bond donors (Lipinski definition) is 1. The van der Waals surface area contributed by atoms with Crippen LogP contribution in [0.2, 0.25) is 0 Å². The topological polar surface area (TPSA) is 34.1 Å². The van der Waals surface area contributed by atoms with E-state index in [1.54, 1.807) is 13.3 Å². The molecule has 0 amide bonds. The minimum atomic E-state index is 0.798. The van der Waals surface area contributed by atoms with Crippen molar-refractivity contribution in [3.05, 3.63) is 18.3 Å². The smallest absolute Gasteiger partial charge is 0.137 e. The molecule has 0 aromatic carbocycles. The molecule has 0 saturated heterocycles. The monoisotopic (exact) mass is 208 g/mol. The predicted octanol–water partition coefficient (Wildman–Crippen LogP) is 3.08. The molecule has 1 heterocycles. The number of nitrogens with one attached hydrogen (secondary N) is 1. The fraction of sp³-hybridized carbons (Fsp3) is 0.583. The Morgan fingerprint density at radius 2 is 2.13 bits per heavy atom. The standard InChI is InChI=1S/C12H20N2O/c1-3-4-5-6-9-13-12-8-7-11(15-2)10-14-12/h7-8,10H,3-6,9H2,1-2H3,(H,13,14). The average molecular weight is 208 g/mol. The van der Waals surface area contributed by atoms with Crippen LogP contribution in [0.1, 0.15) is 32.6 Å². The van der Waals surface area contributed by atoms with Gasteiger partial charge in [0.2, 0.25) is 0 Å². The van der Waals surface area contributed by atoms with Gasteiger partial charge < -0.3 is 10.1 Å². The maximum Gasteiger partial charge on any atom is 0.137 e. The first-order valence-electron chi connectivity index (χ1n) is 5.60. The van der Waals surface area contributed by atoms with E-state index in [1.807, 2.05) is 12.1 Å². The summed E-state index contributed by atoms with van der Waals surface area (Å²) in [5, 5.41) is 3.29. The molecule has 0 saturated carbocycles. The number of pyridine rings is 1. The number of rotatable bonds is 7. The van der Waals surface area contributed by atoms with Crippen LogP contribution in [-0.4, -0.2) is 18.6 Å². The summed E-state index contributed by atoms with van der Waals surface area (Å²) in [5.41, 5.74) is 0. The van der Waals surface area contributed by atoms with E-state index in [1.165, 1.54) is 25.7 Å². The summed E-state index contributed by atoms with van der Waals surface area (Å²) in [6.45, 7) is 3.22. The number of ether oxygens (including phenoxy) is 1. The molecule has 1 aromatic heterocycles. The number of aromatic nitrogens is 1. The van der Waals surface area contributed by atoms with E-state index < -0.39 is 0 Å². The molecule has 0 unspecified atom stereocenters. The number of unbranched alkanes of at least 4 members (excludes halogenated alkanes) is 3. The highest BCUT2D eigenvalue weighted by molar-refractivity contribution is 5.37. The maximum absolute atomic E-state index is 5.04. The summed E-state index contributed by atoms with van der Waals surface area (Å²) in [5.74, 6) is 1.72. The highest BCUT2D eigenvalue weighted by Crippen LogP contribution is 2.11. The summed E-state index contributed by atoms with van der Waals surface area (Å²) in [6, 6.07) is 3.86. The lowest BCUT2D eigenvalue weighted by molar-refractivity contribution is 0.413. The molecular weight excluding hydrogens is 188 g/mol. The molecule has 0 bridgehead atoms. The third-order valence-electron chi connectivity index (χ3n) is 2.31. The number of nitrogens with zero attached hydrogens (tertiary/aromatic N) is 1. The summed E-state index contributed by atoms with van der Waals surface area (Å²) in [4.78, 5) is 4.23. The molecular formula is C12H20N2O. The quantitative estimate of drug-likeness (QED) is 0.699. The molecule has 1 rings (SSSR count). The predicted molar refractivity (Wildman–Crippen MR) is 63.4 cm³/mol. The molecule has 0 radical (unpaired) electrons. The van der Waals surface area contributed by atoms with E-state index in [0.29, 0.717) is 0 Å². The summed E-state index contributed by atoms with van der Waals surface area (Å²) in [7, 11) is 1.65. The molecule has 0 aliphatic rings. The molecule has 1 N–H and O–H groups in total. The summed E-state index contributed by atoms with van der Waals surface area (Å²) in [6.07, 6.45) is 6.83. The van der Waals surface area contributed by atoms with Crippen molar-refractivity contribution in [1.82, 2.24) is 4.98 Å². The van der Waals surface area contributed by atoms with Gasteiger partial charge >= 0.3 is 0 Å². The van der Waals surface area contributed by atoms with Crippen molar-refractivity contribution in [2.75, 3.05) is 19.0 Å². The molecule has 3 heteroatoms. The molecule has 15 heavy (non-hydrogen) atoms. The lowest BCUT2D eigenvalue weighted by atomic mass is 10.2. The van der Waals surface area contributed by atoms with E-state index in [4.69, 9.17) is 4.74 Å². The Bertz CT molecular complexity index is 259. The molecule has 84 valence electrons. The van der Waals surface area contributed by atoms with E-state index in [9.17, 15) is 0 Å². The first-order valence-corrected chi connectivity index (χ1v) is 5.60. The van der Waals surface area contributed by atoms with Gasteiger partial charge in [0.15, 0.2) is 0 Å². The fourth-order valence-corrected chi connectivity index (χ4v) is 1.37. The molecule has 0 fully saturated rings. The van der Waals surface area contributed by atoms with Crippen molar-refractivity contribution in [3.63, 3.8) is 0 Å². The van der Waals surface area contributed by atoms with E-state index >= 15 is 0 Å². The minimum Gasteiger partial charge on any atom is -0.495 e. The number of anilines is 1. The first kappa shape index (κ1) is 11.8. The minimum absolute atomic E-state index is 0.798. The SMILES string of the molecule is CCCCCCNc1ccc(OC)cn1. The highest BCUT2D eigenvalue weighted by atomic mass is 16.5. The summed E-state index contributed by atoms with van der Waals surface area (Å²) >= 11 is 0. The molecule has 0 atom stereocenters. The van der Waals surface area contributed by atoms with Crippen molar-refractivity contribution in [3.8, 4) is 5.75 Å². The van der Waals surface area contributed by atoms with Crippen LogP contribution in [0.3, 0.4) is 0 Å². The van der Waals surface area contributed by atoms with Gasteiger partial charge in [0.1, 0.15) is 11.6 Å². The van der Waals surface area contributed by atoms with Gasteiger partial charge in [0.25, 0.3) is 0 Å². The van der Waals surface area contributed by atoms with Crippen LogP contribution in [0, 0.1) is 0 Å². The third-order valence-corrected chi connectivity index (χ3v) is 2.31. The Kier molecular flexibility index (Phi) is 5.59. The van der Waals surface area contributed by atoms with E-state index in [2.05, 4.69) is 17.2 Å². The molecule has 0 aliphatic heterocycles. The Labute approximate surface area is 91.9 Å². The van der Waals surface area contributed by atoms with Crippen molar-refractivity contribution in [1.29, 1.82) is 0 Å². The van der Waals surface area contributed by atoms with Crippen molar-refractivity contribution >= 4 is 5.82 Å². The van der Waals surface area contributed by atoms with Gasteiger partial charge in [-0.05, 0) is 18.6 Å². The van der Waals surface area contributed by atoms with E-state index in [0.717, 1.165) is 18.1 Å². The zero-order chi connectivity index (χ0) is 10.9. The summed E-state index contributed by atoms with van der Waals surface area (Å²) < 4.78 is 5.04. The molecule has 0 aliphatic carbocycles. The van der Waals surface area contributed by atoms with Gasteiger partial charge in [-0.3, -0.25) is 0 Å². The van der Waals surface area contributed by atoms with Crippen LogP contribution in [0.25, 0.3) is 0 Å². The van der Waals surface area contributed by atoms with Gasteiger partial charge in [-0.25, -0.2) is 4.98 Å². The Morgan fingerprint density at radius 1 is 1.27 bits per heavy atom. The van der Waals surface area contributed by atoms with Gasteiger partial charge in [-0.15, -0.1) is 0 Å². The van der Waals surface area contributed by atoms with E-state index in [-0.39, 0.29) is 0 Å². The largest absolute Gasteiger partial charge is 0.495 e. The molecule has 3 nitrogen and oxygen atoms in total.